The van der Waals surface area contributed by atoms with Gasteiger partial charge < -0.3 is 205 Å². The highest BCUT2D eigenvalue weighted by Crippen LogP contribution is 2.35. The van der Waals surface area contributed by atoms with E-state index in [9.17, 15) is 146 Å². The molecule has 8 aliphatic rings. The maximum absolute atomic E-state index is 13.7. The van der Waals surface area contributed by atoms with Gasteiger partial charge in [-0.1, -0.05) is 19.3 Å². The summed E-state index contributed by atoms with van der Waals surface area (Å²) >= 11 is 0. The molecule has 26 N–H and O–H groups in total. The predicted molar refractivity (Wildman–Crippen MR) is 389 cm³/mol. The summed E-state index contributed by atoms with van der Waals surface area (Å²) < 4.78 is 79.9. The van der Waals surface area contributed by atoms with Crippen molar-refractivity contribution in [2.75, 3.05) is 118 Å². The number of ether oxygens (including phenoxy) is 14. The molecule has 50 nitrogen and oxygen atoms in total. The molecule has 0 saturated carbocycles. The Morgan fingerprint density at radius 2 is 0.719 bits per heavy atom. The third-order valence-corrected chi connectivity index (χ3v) is 21.6. The third-order valence-electron chi connectivity index (χ3n) is 21.6. The van der Waals surface area contributed by atoms with Gasteiger partial charge in [0.15, 0.2) is 44.0 Å². The number of unbranched alkanes of at least 4 members (excludes halogenated alkanes) is 5. The lowest BCUT2D eigenvalue weighted by molar-refractivity contribution is -0.366. The molecule has 0 aromatic carbocycles. The Labute approximate surface area is 692 Å². The molecule has 0 unspecified atom stereocenters. The van der Waals surface area contributed by atoms with E-state index >= 15 is 0 Å². The Morgan fingerprint density at radius 1 is 0.364 bits per heavy atom. The van der Waals surface area contributed by atoms with Gasteiger partial charge in [0.25, 0.3) is 11.8 Å². The molecule has 0 radical (unpaired) electrons. The maximum atomic E-state index is 13.7. The van der Waals surface area contributed by atoms with Crippen LogP contribution in [0.5, 0.6) is 0 Å². The molecule has 8 aliphatic heterocycles. The zero-order chi connectivity index (χ0) is 88.6. The molecule has 50 heteroatoms. The summed E-state index contributed by atoms with van der Waals surface area (Å²) in [6.07, 6.45) is -58.6. The summed E-state index contributed by atoms with van der Waals surface area (Å²) in [5.41, 5.74) is 0. The van der Waals surface area contributed by atoms with Crippen LogP contribution in [0.2, 0.25) is 0 Å². The standard InChI is InChI=1S/C71H122N6O44/c1-31-44(88)51(95)56(100)65(112-31)108-21-17-75(18-22-109-69-62(106)64(119-70-59(103)52(96)45(89)32(113-70)12-19-78)50(94)37(118-69)30-111-67-58(102)54(98)47(91)34(27-80)115-67)16-8-3-2-6-13-72-38(82)23-76(24-39(83)73-14-7-4-5-9-43(87)121-77-41(85)10-11-42(77)86)25-40(84)74-15-20-107-68-61(105)63(120-71-60(104)55(99)48(92)35(28-81)116-71)49(93)36(117-68)29-110-66-57(101)53(97)46(90)33(26-79)114-66/h31-37,44-71,78-81,88-106H,2-30H2,1H3,(H,72,82)(H,73,83)(H,74,84)/t31-,32+,33+,34+,35+,36+,37+,44+,45+,46+,47+,48+,49+,50+,51+,52-,53-,54-,55-,56-,57-,58-,59-,60-,61-,62-,63-,64-,65+,66-,67-,68-,69-,70+,71+/m0/s1. The number of aliphatic hydroxyl groups is 23. The van der Waals surface area contributed by atoms with Crippen molar-refractivity contribution >= 4 is 35.5 Å². The van der Waals surface area contributed by atoms with Crippen LogP contribution < -0.4 is 16.0 Å². The molecule has 8 fully saturated rings. The van der Waals surface area contributed by atoms with Gasteiger partial charge in [-0.2, -0.15) is 0 Å². The number of hydrogen-bond donors (Lipinski definition) is 26. The number of carbonyl (C=O) groups excluding carboxylic acids is 6. The Hall–Kier alpha value is -4.54. The molecule has 35 atom stereocenters. The molecule has 8 rings (SSSR count). The van der Waals surface area contributed by atoms with E-state index in [1.165, 1.54) is 11.8 Å². The minimum absolute atomic E-state index is 0.0154. The SMILES string of the molecule is C[C@@H]1O[C@@H](OCCN(CCCCCCNC(=O)CN(CC(=O)NCCCCCC(=O)ON2C(=O)CCC2=O)CC(=O)NCCO[C@H]2O[C@H](CO[C@H]3O[C@H](CO)[C@@H](O)[C@H](O)[C@@H]3O)[C@@H](O)[C@H](O[C@H]3O[C@H](CO)[C@@H](O)[C@H](O)[C@@H]3O)[C@@H]2O)CCO[C@H]2O[C@H](CO[C@H]3O[C@H](CO)[C@@H](O)[C@H](O)[C@@H]3O)[C@@H](O)[C@H](O[C@H]3O[C@H](CCO)[C@@H](O)[C@H](O)[C@@H]3O)[C@@H]2O)[C@@H](O)[C@H](O)[C@@H]1O. The number of carbonyl (C=O) groups is 6. The lowest BCUT2D eigenvalue weighted by Gasteiger charge is -2.46. The van der Waals surface area contributed by atoms with Gasteiger partial charge in [-0.25, -0.2) is 4.79 Å². The lowest BCUT2D eigenvalue weighted by atomic mass is 9.95. The van der Waals surface area contributed by atoms with Crippen LogP contribution in [-0.4, -0.2) is 501 Å². The smallest absolute Gasteiger partial charge is 0.333 e. The normalized spacial score (nSPS) is 39.3. The Morgan fingerprint density at radius 3 is 1.16 bits per heavy atom. The number of nitrogens with one attached hydrogen (secondary N) is 3. The van der Waals surface area contributed by atoms with Crippen molar-refractivity contribution in [2.24, 2.45) is 0 Å². The molecule has 121 heavy (non-hydrogen) atoms. The average Bonchev–Trinajstić information content (AvgIpc) is 1.78. The molecule has 5 amide bonds. The summed E-state index contributed by atoms with van der Waals surface area (Å²) in [6, 6.07) is 0. The van der Waals surface area contributed by atoms with Crippen molar-refractivity contribution in [2.45, 2.75) is 292 Å². The number of imide groups is 1. The second kappa shape index (κ2) is 49.7. The first-order valence-corrected chi connectivity index (χ1v) is 40.3. The fourth-order valence-electron chi connectivity index (χ4n) is 14.4. The van der Waals surface area contributed by atoms with Crippen molar-refractivity contribution in [3.05, 3.63) is 0 Å². The van der Waals surface area contributed by atoms with Gasteiger partial charge >= 0.3 is 5.97 Å². The molecule has 0 aromatic rings. The molecule has 8 saturated heterocycles. The Bertz CT molecular complexity index is 3100. The van der Waals surface area contributed by atoms with Crippen LogP contribution in [0.15, 0.2) is 0 Å². The van der Waals surface area contributed by atoms with E-state index in [1.807, 2.05) is 4.90 Å². The third kappa shape index (κ3) is 28.2. The number of hydrogen-bond acceptors (Lipinski definition) is 46. The van der Waals surface area contributed by atoms with E-state index in [4.69, 9.17) is 71.2 Å². The van der Waals surface area contributed by atoms with Crippen LogP contribution in [0.25, 0.3) is 0 Å². The summed E-state index contributed by atoms with van der Waals surface area (Å²) in [6.45, 7) is -5.55. The quantitative estimate of drug-likeness (QED) is 0.0199. The van der Waals surface area contributed by atoms with Crippen molar-refractivity contribution in [3.63, 3.8) is 0 Å². The fourth-order valence-corrected chi connectivity index (χ4v) is 14.4. The number of amides is 5. The zero-order valence-corrected chi connectivity index (χ0v) is 66.4. The minimum atomic E-state index is -2.04. The second-order valence-corrected chi connectivity index (χ2v) is 30.6. The van der Waals surface area contributed by atoms with Crippen LogP contribution in [0, 0.1) is 0 Å². The van der Waals surface area contributed by atoms with Crippen LogP contribution in [0.3, 0.4) is 0 Å². The Balaban J connectivity index is 0.868. The monoisotopic (exact) mass is 1760 g/mol. The van der Waals surface area contributed by atoms with Gasteiger partial charge in [-0.05, 0) is 45.6 Å². The van der Waals surface area contributed by atoms with Crippen LogP contribution in [0.4, 0.5) is 0 Å². The van der Waals surface area contributed by atoms with E-state index in [-0.39, 0.29) is 78.0 Å². The van der Waals surface area contributed by atoms with Gasteiger partial charge in [0.05, 0.1) is 84.7 Å². The average molecular weight is 1760 g/mol. The molecule has 8 heterocycles. The first-order chi connectivity index (χ1) is 57.6. The first kappa shape index (κ1) is 102. The van der Waals surface area contributed by atoms with Gasteiger partial charge in [0.2, 0.25) is 17.7 Å². The minimum Gasteiger partial charge on any atom is -0.396 e. The molecule has 700 valence electrons. The second-order valence-electron chi connectivity index (χ2n) is 30.6. The highest BCUT2D eigenvalue weighted by molar-refractivity contribution is 6.01. The summed E-state index contributed by atoms with van der Waals surface area (Å²) in [4.78, 5) is 84.8. The van der Waals surface area contributed by atoms with Gasteiger partial charge in [0, 0.05) is 58.6 Å². The van der Waals surface area contributed by atoms with Crippen molar-refractivity contribution in [1.29, 1.82) is 0 Å². The topological polar surface area (TPSA) is 752 Å². The number of hydroxylamine groups is 2. The molecular formula is C71H122N6O44. The zero-order valence-electron chi connectivity index (χ0n) is 66.4. The molecule has 0 spiro atoms. The van der Waals surface area contributed by atoms with E-state index in [0.29, 0.717) is 50.1 Å². The van der Waals surface area contributed by atoms with Gasteiger partial charge in [0.1, 0.15) is 159 Å². The van der Waals surface area contributed by atoms with Crippen LogP contribution >= 0.6 is 0 Å². The van der Waals surface area contributed by atoms with Crippen molar-refractivity contribution in [3.8, 4) is 0 Å². The number of aliphatic hydroxyl groups excluding tert-OH is 23. The van der Waals surface area contributed by atoms with E-state index in [0.717, 1.165) is 0 Å². The van der Waals surface area contributed by atoms with Gasteiger partial charge in [-0.15, -0.1) is 5.06 Å². The van der Waals surface area contributed by atoms with E-state index < -0.39 is 316 Å². The molecule has 0 aliphatic carbocycles. The molecule has 0 aromatic heterocycles. The van der Waals surface area contributed by atoms with Crippen LogP contribution in [-0.2, 0) is 99.9 Å². The van der Waals surface area contributed by atoms with Crippen molar-refractivity contribution in [1.82, 2.24) is 30.8 Å². The van der Waals surface area contributed by atoms with E-state index in [2.05, 4.69) is 16.0 Å². The lowest BCUT2D eigenvalue weighted by Crippen LogP contribution is -2.65. The summed E-state index contributed by atoms with van der Waals surface area (Å²) in [5.74, 6) is -4.15. The number of nitrogens with zero attached hydrogens (tertiary/aromatic N) is 3. The predicted octanol–water partition coefficient (Wildman–Crippen LogP) is -16.2. The Kier molecular flexibility index (Phi) is 41.8. The number of rotatable bonds is 47. The maximum Gasteiger partial charge on any atom is 0.333 e. The molecule has 0 bridgehead atoms. The molecular weight excluding hydrogens is 1640 g/mol. The van der Waals surface area contributed by atoms with E-state index in [1.54, 1.807) is 0 Å². The highest BCUT2D eigenvalue weighted by atomic mass is 16.8. The highest BCUT2D eigenvalue weighted by Gasteiger charge is 2.56. The summed E-state index contributed by atoms with van der Waals surface area (Å²) in [5, 5.41) is 252. The largest absolute Gasteiger partial charge is 0.396 e. The first-order valence-electron chi connectivity index (χ1n) is 40.3. The summed E-state index contributed by atoms with van der Waals surface area (Å²) in [7, 11) is 0. The van der Waals surface area contributed by atoms with Gasteiger partial charge in [-0.3, -0.25) is 33.8 Å². The van der Waals surface area contributed by atoms with Crippen LogP contribution in [0.1, 0.15) is 77.6 Å². The fraction of sp³-hybridized carbons (Fsp3) is 0.915. The van der Waals surface area contributed by atoms with Crippen molar-refractivity contribution < 1.29 is 217 Å².